The maximum Gasteiger partial charge on any atom is 0.146 e. The molecule has 2 aromatic rings. The molecular weight excluding hydrogens is 286 g/mol. The molecule has 6 heteroatoms. The number of hydrogen-bond donors (Lipinski definition) is 1. The van der Waals surface area contributed by atoms with Crippen LogP contribution in [0.25, 0.3) is 0 Å². The molecule has 0 aliphatic carbocycles. The number of halogens is 1. The second kappa shape index (κ2) is 6.91. The lowest BCUT2D eigenvalue weighted by Gasteiger charge is -2.24. The highest BCUT2D eigenvalue weighted by atomic mass is 35.5. The number of para-hydroxylation sites is 1. The summed E-state index contributed by atoms with van der Waals surface area (Å²) in [6.45, 7) is 7.99. The smallest absolute Gasteiger partial charge is 0.146 e. The van der Waals surface area contributed by atoms with E-state index in [0.29, 0.717) is 6.04 Å². The largest absolute Gasteiger partial charge is 0.362 e. The van der Waals surface area contributed by atoms with Crippen molar-refractivity contribution < 1.29 is 0 Å². The van der Waals surface area contributed by atoms with Crippen LogP contribution in [0.5, 0.6) is 0 Å². The van der Waals surface area contributed by atoms with Crippen molar-refractivity contribution in [3.8, 4) is 0 Å². The van der Waals surface area contributed by atoms with Gasteiger partial charge < -0.3 is 10.2 Å². The van der Waals surface area contributed by atoms with Crippen LogP contribution < -0.4 is 10.2 Å². The fourth-order valence-corrected chi connectivity index (χ4v) is 2.68. The Hall–Kier alpha value is -1.59. The van der Waals surface area contributed by atoms with Crippen molar-refractivity contribution in [1.29, 1.82) is 0 Å². The van der Waals surface area contributed by atoms with Crippen LogP contribution in [0.1, 0.15) is 31.3 Å². The number of nitrogens with one attached hydrogen (secondary N) is 1. The first-order valence-electron chi connectivity index (χ1n) is 7.17. The third kappa shape index (κ3) is 3.36. The van der Waals surface area contributed by atoms with E-state index in [1.54, 1.807) is 6.33 Å². The predicted molar refractivity (Wildman–Crippen MR) is 86.9 cm³/mol. The molecule has 0 unspecified atom stereocenters. The van der Waals surface area contributed by atoms with Gasteiger partial charge in [0.1, 0.15) is 12.2 Å². The van der Waals surface area contributed by atoms with E-state index < -0.39 is 0 Å². The van der Waals surface area contributed by atoms with E-state index >= 15 is 0 Å². The molecule has 0 spiro atoms. The second-order valence-corrected chi connectivity index (χ2v) is 5.44. The molecule has 0 radical (unpaired) electrons. The van der Waals surface area contributed by atoms with Crippen LogP contribution in [0.15, 0.2) is 30.6 Å². The molecule has 0 bridgehead atoms. The lowest BCUT2D eigenvalue weighted by molar-refractivity contribution is 0.500. The minimum absolute atomic E-state index is 0. The molecule has 0 fully saturated rings. The average Bonchev–Trinajstić information content (AvgIpc) is 2.81. The van der Waals surface area contributed by atoms with Gasteiger partial charge in [0.05, 0.1) is 6.54 Å². The molecule has 114 valence electrons. The van der Waals surface area contributed by atoms with Gasteiger partial charge in [-0.3, -0.25) is 0 Å². The molecule has 1 aromatic carbocycles. The van der Waals surface area contributed by atoms with E-state index in [1.165, 1.54) is 11.3 Å². The minimum atomic E-state index is 0. The molecule has 1 N–H and O–H groups in total. The first-order valence-corrected chi connectivity index (χ1v) is 7.17. The summed E-state index contributed by atoms with van der Waals surface area (Å²) in [7, 11) is 0. The van der Waals surface area contributed by atoms with Crippen LogP contribution >= 0.6 is 12.4 Å². The van der Waals surface area contributed by atoms with Crippen LogP contribution in [0.2, 0.25) is 0 Å². The fraction of sp³-hybridized carbons (Fsp3) is 0.467. The SMILES string of the molecule is CC(C)n1ncnc1CN1CCNCc2ccccc21.Cl. The van der Waals surface area contributed by atoms with Crippen molar-refractivity contribution in [3.63, 3.8) is 0 Å². The highest BCUT2D eigenvalue weighted by Gasteiger charge is 2.17. The molecule has 0 saturated carbocycles. The van der Waals surface area contributed by atoms with Crippen LogP contribution in [0.4, 0.5) is 5.69 Å². The average molecular weight is 308 g/mol. The van der Waals surface area contributed by atoms with E-state index in [-0.39, 0.29) is 12.4 Å². The quantitative estimate of drug-likeness (QED) is 0.946. The lowest BCUT2D eigenvalue weighted by atomic mass is 10.1. The summed E-state index contributed by atoms with van der Waals surface area (Å²) in [5.41, 5.74) is 2.65. The summed E-state index contributed by atoms with van der Waals surface area (Å²) in [5, 5.41) is 7.79. The molecular formula is C15H22ClN5. The molecule has 0 amide bonds. The normalized spacial score (nSPS) is 14.5. The zero-order valence-corrected chi connectivity index (χ0v) is 13.3. The Balaban J connectivity index is 0.00000161. The molecule has 5 nitrogen and oxygen atoms in total. The molecule has 2 heterocycles. The van der Waals surface area contributed by atoms with Gasteiger partial charge in [0.2, 0.25) is 0 Å². The zero-order chi connectivity index (χ0) is 13.9. The molecule has 21 heavy (non-hydrogen) atoms. The summed E-state index contributed by atoms with van der Waals surface area (Å²) in [4.78, 5) is 6.81. The number of anilines is 1. The van der Waals surface area contributed by atoms with Crippen molar-refractivity contribution in [3.05, 3.63) is 42.0 Å². The Morgan fingerprint density at radius 3 is 2.90 bits per heavy atom. The lowest BCUT2D eigenvalue weighted by Crippen LogP contribution is -2.30. The Labute approximate surface area is 131 Å². The van der Waals surface area contributed by atoms with Gasteiger partial charge in [0.15, 0.2) is 0 Å². The van der Waals surface area contributed by atoms with Gasteiger partial charge in [-0.1, -0.05) is 18.2 Å². The second-order valence-electron chi connectivity index (χ2n) is 5.44. The van der Waals surface area contributed by atoms with Crippen molar-refractivity contribution in [2.75, 3.05) is 18.0 Å². The van der Waals surface area contributed by atoms with E-state index in [1.807, 2.05) is 4.68 Å². The molecule has 0 saturated heterocycles. The highest BCUT2D eigenvalue weighted by molar-refractivity contribution is 5.85. The third-order valence-electron chi connectivity index (χ3n) is 3.67. The van der Waals surface area contributed by atoms with Gasteiger partial charge in [-0.15, -0.1) is 12.4 Å². The van der Waals surface area contributed by atoms with Crippen molar-refractivity contribution in [1.82, 2.24) is 20.1 Å². The fourth-order valence-electron chi connectivity index (χ4n) is 2.68. The summed E-state index contributed by atoms with van der Waals surface area (Å²) in [6.07, 6.45) is 1.65. The summed E-state index contributed by atoms with van der Waals surface area (Å²) in [6, 6.07) is 8.92. The summed E-state index contributed by atoms with van der Waals surface area (Å²) < 4.78 is 2.00. The van der Waals surface area contributed by atoms with Gasteiger partial charge in [-0.05, 0) is 25.5 Å². The van der Waals surface area contributed by atoms with Gasteiger partial charge in [-0.2, -0.15) is 5.10 Å². The molecule has 1 aliphatic rings. The van der Waals surface area contributed by atoms with E-state index in [2.05, 4.69) is 58.4 Å². The van der Waals surface area contributed by atoms with E-state index in [0.717, 1.165) is 32.0 Å². The number of nitrogens with zero attached hydrogens (tertiary/aromatic N) is 4. The highest BCUT2D eigenvalue weighted by Crippen LogP contribution is 2.23. The number of fused-ring (bicyclic) bond motifs is 1. The van der Waals surface area contributed by atoms with Gasteiger partial charge in [-0.25, -0.2) is 9.67 Å². The molecule has 3 rings (SSSR count). The Bertz CT molecular complexity index is 581. The maximum absolute atomic E-state index is 4.42. The standard InChI is InChI=1S/C15H21N5.ClH/c1-12(2)20-15(17-11-18-20)10-19-8-7-16-9-13-5-3-4-6-14(13)19;/h3-6,11-12,16H,7-10H2,1-2H3;1H. The van der Waals surface area contributed by atoms with Crippen LogP contribution in [0, 0.1) is 0 Å². The predicted octanol–water partition coefficient (Wildman–Crippen LogP) is 2.39. The number of benzene rings is 1. The number of hydrogen-bond acceptors (Lipinski definition) is 4. The topological polar surface area (TPSA) is 46.0 Å². The van der Waals surface area contributed by atoms with E-state index in [9.17, 15) is 0 Å². The van der Waals surface area contributed by atoms with Crippen LogP contribution in [0.3, 0.4) is 0 Å². The first-order chi connectivity index (χ1) is 9.75. The zero-order valence-electron chi connectivity index (χ0n) is 12.5. The van der Waals surface area contributed by atoms with Crippen LogP contribution in [-0.4, -0.2) is 27.9 Å². The van der Waals surface area contributed by atoms with Crippen molar-refractivity contribution >= 4 is 18.1 Å². The van der Waals surface area contributed by atoms with Gasteiger partial charge in [0.25, 0.3) is 0 Å². The van der Waals surface area contributed by atoms with Crippen LogP contribution in [-0.2, 0) is 13.1 Å². The minimum Gasteiger partial charge on any atom is -0.362 e. The maximum atomic E-state index is 4.42. The molecule has 1 aliphatic heterocycles. The van der Waals surface area contributed by atoms with E-state index in [4.69, 9.17) is 0 Å². The third-order valence-corrected chi connectivity index (χ3v) is 3.67. The Kier molecular flexibility index (Phi) is 5.20. The Morgan fingerprint density at radius 1 is 1.29 bits per heavy atom. The first kappa shape index (κ1) is 15.8. The van der Waals surface area contributed by atoms with Gasteiger partial charge >= 0.3 is 0 Å². The van der Waals surface area contributed by atoms with Gasteiger partial charge in [0, 0.05) is 31.4 Å². The molecule has 1 aromatic heterocycles. The van der Waals surface area contributed by atoms with Crippen molar-refractivity contribution in [2.24, 2.45) is 0 Å². The monoisotopic (exact) mass is 307 g/mol. The number of aromatic nitrogens is 3. The molecule has 0 atom stereocenters. The summed E-state index contributed by atoms with van der Waals surface area (Å²) >= 11 is 0. The Morgan fingerprint density at radius 2 is 2.10 bits per heavy atom. The van der Waals surface area contributed by atoms with Crippen molar-refractivity contribution in [2.45, 2.75) is 33.0 Å². The summed E-state index contributed by atoms with van der Waals surface area (Å²) in [5.74, 6) is 1.02. The number of rotatable bonds is 3.